The Morgan fingerprint density at radius 1 is 1.56 bits per heavy atom. The summed E-state index contributed by atoms with van der Waals surface area (Å²) in [5.41, 5.74) is 6.70. The summed E-state index contributed by atoms with van der Waals surface area (Å²) in [7, 11) is 0. The maximum absolute atomic E-state index is 11.7. The van der Waals surface area contributed by atoms with E-state index in [1.165, 1.54) is 0 Å². The zero-order chi connectivity index (χ0) is 11.4. The molecule has 0 saturated carbocycles. The Balaban J connectivity index is 1.75. The molecule has 1 aliphatic rings. The average Bonchev–Trinajstić information content (AvgIpc) is 2.74. The highest BCUT2D eigenvalue weighted by Crippen LogP contribution is 2.12. The molecule has 1 fully saturated rings. The van der Waals surface area contributed by atoms with Crippen molar-refractivity contribution < 1.29 is 4.79 Å². The van der Waals surface area contributed by atoms with Crippen molar-refractivity contribution in [3.63, 3.8) is 0 Å². The minimum absolute atomic E-state index is 0.0638. The third kappa shape index (κ3) is 3.30. The molecule has 0 atom stereocenters. The van der Waals surface area contributed by atoms with Crippen LogP contribution in [0.25, 0.3) is 0 Å². The van der Waals surface area contributed by atoms with E-state index in [0.717, 1.165) is 31.6 Å². The first kappa shape index (κ1) is 11.6. The fraction of sp³-hybridized carbons (Fsp3) is 0.545. The zero-order valence-corrected chi connectivity index (χ0v) is 10.0. The third-order valence-corrected chi connectivity index (χ3v) is 3.49. The predicted molar refractivity (Wildman–Crippen MR) is 66.6 cm³/mol. The maximum Gasteiger partial charge on any atom is 0.238 e. The highest BCUT2D eigenvalue weighted by molar-refractivity contribution is 7.08. The number of carbonyl (C=O) groups excluding carboxylic acids is 1. The number of piperidine rings is 1. The van der Waals surface area contributed by atoms with E-state index in [2.05, 4.69) is 10.2 Å². The van der Waals surface area contributed by atoms with Crippen molar-refractivity contribution >= 4 is 22.9 Å². The van der Waals surface area contributed by atoms with Gasteiger partial charge in [0, 0.05) is 24.5 Å². The molecular formula is C11H17N3OS. The van der Waals surface area contributed by atoms with Gasteiger partial charge in [-0.2, -0.15) is 11.3 Å². The van der Waals surface area contributed by atoms with Gasteiger partial charge < -0.3 is 11.1 Å². The van der Waals surface area contributed by atoms with Gasteiger partial charge in [0.2, 0.25) is 5.91 Å². The molecule has 0 spiro atoms. The standard InChI is InChI=1S/C11H17N3OS/c12-9-1-4-14(5-2-9)7-11(15)13-10-3-6-16-8-10/h3,6,8-9H,1-2,4-5,7,12H2,(H,13,15). The Hall–Kier alpha value is -0.910. The van der Waals surface area contributed by atoms with E-state index in [9.17, 15) is 4.79 Å². The molecule has 0 unspecified atom stereocenters. The van der Waals surface area contributed by atoms with Crippen LogP contribution >= 0.6 is 11.3 Å². The van der Waals surface area contributed by atoms with Gasteiger partial charge in [0.15, 0.2) is 0 Å². The highest BCUT2D eigenvalue weighted by atomic mass is 32.1. The summed E-state index contributed by atoms with van der Waals surface area (Å²) in [6, 6.07) is 2.23. The topological polar surface area (TPSA) is 58.4 Å². The van der Waals surface area contributed by atoms with Gasteiger partial charge in [0.1, 0.15) is 0 Å². The SMILES string of the molecule is NC1CCN(CC(=O)Nc2ccsc2)CC1. The van der Waals surface area contributed by atoms with Gasteiger partial charge in [-0.3, -0.25) is 9.69 Å². The Morgan fingerprint density at radius 2 is 2.31 bits per heavy atom. The molecule has 3 N–H and O–H groups in total. The van der Waals surface area contributed by atoms with Crippen LogP contribution in [-0.2, 0) is 4.79 Å². The summed E-state index contributed by atoms with van der Waals surface area (Å²) >= 11 is 1.58. The number of carbonyl (C=O) groups is 1. The molecule has 0 radical (unpaired) electrons. The number of hydrogen-bond donors (Lipinski definition) is 2. The van der Waals surface area contributed by atoms with Gasteiger partial charge in [-0.15, -0.1) is 0 Å². The fourth-order valence-corrected chi connectivity index (χ4v) is 2.44. The van der Waals surface area contributed by atoms with E-state index >= 15 is 0 Å². The van der Waals surface area contributed by atoms with Crippen LogP contribution in [0.2, 0.25) is 0 Å². The van der Waals surface area contributed by atoms with Crippen LogP contribution in [-0.4, -0.2) is 36.5 Å². The summed E-state index contributed by atoms with van der Waals surface area (Å²) < 4.78 is 0. The van der Waals surface area contributed by atoms with E-state index in [0.29, 0.717) is 12.6 Å². The third-order valence-electron chi connectivity index (χ3n) is 2.80. The molecule has 1 aliphatic heterocycles. The van der Waals surface area contributed by atoms with Crippen LogP contribution in [0.1, 0.15) is 12.8 Å². The van der Waals surface area contributed by atoms with Crippen molar-refractivity contribution in [2.75, 3.05) is 25.0 Å². The number of nitrogens with one attached hydrogen (secondary N) is 1. The fourth-order valence-electron chi connectivity index (χ4n) is 1.85. The van der Waals surface area contributed by atoms with Crippen LogP contribution in [0.15, 0.2) is 16.8 Å². The van der Waals surface area contributed by atoms with Crippen molar-refractivity contribution in [2.45, 2.75) is 18.9 Å². The lowest BCUT2D eigenvalue weighted by Gasteiger charge is -2.29. The van der Waals surface area contributed by atoms with Gasteiger partial charge in [-0.1, -0.05) is 0 Å². The lowest BCUT2D eigenvalue weighted by Crippen LogP contribution is -2.43. The zero-order valence-electron chi connectivity index (χ0n) is 9.19. The molecule has 1 saturated heterocycles. The minimum Gasteiger partial charge on any atom is -0.328 e. The van der Waals surface area contributed by atoms with Gasteiger partial charge in [-0.25, -0.2) is 0 Å². The molecule has 16 heavy (non-hydrogen) atoms. The van der Waals surface area contributed by atoms with Crippen molar-refractivity contribution in [3.8, 4) is 0 Å². The second-order valence-corrected chi connectivity index (χ2v) is 4.95. The molecule has 1 aromatic rings. The lowest BCUT2D eigenvalue weighted by molar-refractivity contribution is -0.117. The quantitative estimate of drug-likeness (QED) is 0.830. The number of amides is 1. The van der Waals surface area contributed by atoms with E-state index in [1.807, 2.05) is 16.8 Å². The van der Waals surface area contributed by atoms with Crippen LogP contribution in [0.3, 0.4) is 0 Å². The number of nitrogens with zero attached hydrogens (tertiary/aromatic N) is 1. The second kappa shape index (κ2) is 5.43. The molecule has 88 valence electrons. The van der Waals surface area contributed by atoms with Gasteiger partial charge in [0.25, 0.3) is 0 Å². The molecule has 4 nitrogen and oxygen atoms in total. The molecule has 1 amide bonds. The number of likely N-dealkylation sites (tertiary alicyclic amines) is 1. The number of nitrogens with two attached hydrogens (primary N) is 1. The van der Waals surface area contributed by atoms with Crippen LogP contribution in [0.4, 0.5) is 5.69 Å². The van der Waals surface area contributed by atoms with Crippen LogP contribution in [0, 0.1) is 0 Å². The van der Waals surface area contributed by atoms with Gasteiger partial charge in [0.05, 0.1) is 12.2 Å². The first-order chi connectivity index (χ1) is 7.74. The summed E-state index contributed by atoms with van der Waals surface area (Å²) in [4.78, 5) is 13.8. The van der Waals surface area contributed by atoms with E-state index < -0.39 is 0 Å². The molecule has 0 bridgehead atoms. The monoisotopic (exact) mass is 239 g/mol. The summed E-state index contributed by atoms with van der Waals surface area (Å²) in [5.74, 6) is 0.0638. The predicted octanol–water partition coefficient (Wildman–Crippen LogP) is 1.11. The highest BCUT2D eigenvalue weighted by Gasteiger charge is 2.18. The number of hydrogen-bond acceptors (Lipinski definition) is 4. The summed E-state index contributed by atoms with van der Waals surface area (Å²) in [5, 5.41) is 6.77. The first-order valence-electron chi connectivity index (χ1n) is 5.54. The van der Waals surface area contributed by atoms with Crippen molar-refractivity contribution in [3.05, 3.63) is 16.8 Å². The molecule has 0 aromatic carbocycles. The average molecular weight is 239 g/mol. The Bertz CT molecular complexity index is 331. The minimum atomic E-state index is 0.0638. The Morgan fingerprint density at radius 3 is 2.94 bits per heavy atom. The largest absolute Gasteiger partial charge is 0.328 e. The number of anilines is 1. The lowest BCUT2D eigenvalue weighted by atomic mass is 10.1. The van der Waals surface area contributed by atoms with Crippen LogP contribution < -0.4 is 11.1 Å². The van der Waals surface area contributed by atoms with E-state index in [4.69, 9.17) is 5.73 Å². The van der Waals surface area contributed by atoms with E-state index in [1.54, 1.807) is 11.3 Å². The number of rotatable bonds is 3. The summed E-state index contributed by atoms with van der Waals surface area (Å²) in [6.07, 6.45) is 1.98. The van der Waals surface area contributed by atoms with Gasteiger partial charge >= 0.3 is 0 Å². The second-order valence-electron chi connectivity index (χ2n) is 4.17. The molecular weight excluding hydrogens is 222 g/mol. The van der Waals surface area contributed by atoms with Crippen molar-refractivity contribution in [1.29, 1.82) is 0 Å². The van der Waals surface area contributed by atoms with Gasteiger partial charge in [-0.05, 0) is 24.3 Å². The van der Waals surface area contributed by atoms with Crippen molar-refractivity contribution in [2.24, 2.45) is 5.73 Å². The molecule has 2 heterocycles. The van der Waals surface area contributed by atoms with Crippen LogP contribution in [0.5, 0.6) is 0 Å². The molecule has 0 aliphatic carbocycles. The Labute approximate surface area is 99.4 Å². The number of thiophene rings is 1. The molecule has 2 rings (SSSR count). The maximum atomic E-state index is 11.7. The first-order valence-corrected chi connectivity index (χ1v) is 6.48. The van der Waals surface area contributed by atoms with Crippen molar-refractivity contribution in [1.82, 2.24) is 4.90 Å². The molecule has 5 heteroatoms. The Kier molecular flexibility index (Phi) is 3.93. The summed E-state index contributed by atoms with van der Waals surface area (Å²) in [6.45, 7) is 2.33. The normalized spacial score (nSPS) is 18.6. The molecule has 1 aromatic heterocycles. The smallest absolute Gasteiger partial charge is 0.238 e. The van der Waals surface area contributed by atoms with E-state index in [-0.39, 0.29) is 5.91 Å².